The molecule has 0 aromatic heterocycles. The molecular formula is C13H24N2OS. The Morgan fingerprint density at radius 1 is 1.35 bits per heavy atom. The Morgan fingerprint density at radius 2 is 2.12 bits per heavy atom. The van der Waals surface area contributed by atoms with E-state index in [0.29, 0.717) is 22.8 Å². The summed E-state index contributed by atoms with van der Waals surface area (Å²) in [4.78, 5) is 14.1. The minimum atomic E-state index is 0.361. The molecule has 17 heavy (non-hydrogen) atoms. The second kappa shape index (κ2) is 6.64. The summed E-state index contributed by atoms with van der Waals surface area (Å²) >= 11 is 1.87. The molecule has 2 saturated heterocycles. The van der Waals surface area contributed by atoms with Crippen LogP contribution in [0.5, 0.6) is 0 Å². The number of hydrogen-bond donors (Lipinski definition) is 1. The van der Waals surface area contributed by atoms with Gasteiger partial charge in [0, 0.05) is 18.3 Å². The van der Waals surface area contributed by atoms with Crippen LogP contribution in [0.15, 0.2) is 0 Å². The van der Waals surface area contributed by atoms with Gasteiger partial charge in [-0.05, 0) is 44.7 Å². The zero-order valence-electron chi connectivity index (χ0n) is 10.8. The molecule has 2 aliphatic rings. The van der Waals surface area contributed by atoms with Gasteiger partial charge < -0.3 is 10.2 Å². The predicted octanol–water partition coefficient (Wildman–Crippen LogP) is 1.73. The Bertz CT molecular complexity index is 254. The lowest BCUT2D eigenvalue weighted by molar-refractivity contribution is -0.130. The molecule has 98 valence electrons. The maximum absolute atomic E-state index is 12.1. The van der Waals surface area contributed by atoms with Crippen LogP contribution in [0.1, 0.15) is 32.6 Å². The molecule has 2 fully saturated rings. The largest absolute Gasteiger partial charge is 0.342 e. The summed E-state index contributed by atoms with van der Waals surface area (Å²) in [6.07, 6.45) is 4.90. The molecule has 2 heterocycles. The van der Waals surface area contributed by atoms with Crippen LogP contribution in [-0.4, -0.2) is 48.0 Å². The van der Waals surface area contributed by atoms with E-state index in [1.54, 1.807) is 0 Å². The maximum atomic E-state index is 12.1. The second-order valence-corrected chi connectivity index (χ2v) is 6.64. The molecule has 1 atom stereocenters. The van der Waals surface area contributed by atoms with Crippen molar-refractivity contribution in [2.75, 3.05) is 31.9 Å². The van der Waals surface area contributed by atoms with Crippen molar-refractivity contribution in [2.24, 2.45) is 5.92 Å². The third-order valence-corrected chi connectivity index (χ3v) is 5.09. The topological polar surface area (TPSA) is 32.3 Å². The number of nitrogens with one attached hydrogen (secondary N) is 1. The Kier molecular flexibility index (Phi) is 5.16. The Balaban J connectivity index is 1.69. The highest BCUT2D eigenvalue weighted by molar-refractivity contribution is 8.00. The van der Waals surface area contributed by atoms with Gasteiger partial charge in [0.2, 0.25) is 5.91 Å². The van der Waals surface area contributed by atoms with Gasteiger partial charge in [-0.3, -0.25) is 4.79 Å². The highest BCUT2D eigenvalue weighted by atomic mass is 32.2. The number of amides is 1. The van der Waals surface area contributed by atoms with Gasteiger partial charge in [0.1, 0.15) is 0 Å². The molecule has 0 saturated carbocycles. The summed E-state index contributed by atoms with van der Waals surface area (Å²) in [6.45, 7) is 6.44. The summed E-state index contributed by atoms with van der Waals surface area (Å²) in [5.74, 6) is 1.74. The van der Waals surface area contributed by atoms with Crippen LogP contribution in [0.3, 0.4) is 0 Å². The van der Waals surface area contributed by atoms with Crippen molar-refractivity contribution in [1.82, 2.24) is 10.2 Å². The standard InChI is InChI=1S/C13H24N2OS/c1-11-3-2-8-15(9-11)13(16)10-17-12-4-6-14-7-5-12/h11-12,14H,2-10H2,1H3. The highest BCUT2D eigenvalue weighted by Crippen LogP contribution is 2.22. The third kappa shape index (κ3) is 4.18. The maximum Gasteiger partial charge on any atom is 0.232 e. The monoisotopic (exact) mass is 256 g/mol. The molecule has 1 N–H and O–H groups in total. The van der Waals surface area contributed by atoms with Crippen LogP contribution >= 0.6 is 11.8 Å². The fourth-order valence-corrected chi connectivity index (χ4v) is 3.79. The quantitative estimate of drug-likeness (QED) is 0.834. The molecule has 2 rings (SSSR count). The molecule has 1 unspecified atom stereocenters. The van der Waals surface area contributed by atoms with Gasteiger partial charge in [-0.25, -0.2) is 0 Å². The third-order valence-electron chi connectivity index (χ3n) is 3.74. The lowest BCUT2D eigenvalue weighted by atomic mass is 10.0. The van der Waals surface area contributed by atoms with E-state index in [9.17, 15) is 4.79 Å². The van der Waals surface area contributed by atoms with Crippen molar-refractivity contribution in [1.29, 1.82) is 0 Å². The van der Waals surface area contributed by atoms with Crippen LogP contribution in [0, 0.1) is 5.92 Å². The highest BCUT2D eigenvalue weighted by Gasteiger charge is 2.22. The van der Waals surface area contributed by atoms with E-state index in [1.807, 2.05) is 11.8 Å². The first-order chi connectivity index (χ1) is 8.25. The van der Waals surface area contributed by atoms with Crippen molar-refractivity contribution in [3.8, 4) is 0 Å². The SMILES string of the molecule is CC1CCCN(C(=O)CSC2CCNCC2)C1. The van der Waals surface area contributed by atoms with Crippen molar-refractivity contribution in [3.63, 3.8) is 0 Å². The molecule has 0 aliphatic carbocycles. The van der Waals surface area contributed by atoms with Crippen molar-refractivity contribution in [3.05, 3.63) is 0 Å². The van der Waals surface area contributed by atoms with Gasteiger partial charge in [0.25, 0.3) is 0 Å². The van der Waals surface area contributed by atoms with Crippen LogP contribution in [0.4, 0.5) is 0 Å². The zero-order valence-corrected chi connectivity index (χ0v) is 11.6. The molecule has 0 aromatic carbocycles. The number of carbonyl (C=O) groups excluding carboxylic acids is 1. The number of hydrogen-bond acceptors (Lipinski definition) is 3. The van der Waals surface area contributed by atoms with Gasteiger partial charge in [0.05, 0.1) is 5.75 Å². The van der Waals surface area contributed by atoms with E-state index in [0.717, 1.165) is 26.2 Å². The average Bonchev–Trinajstić information content (AvgIpc) is 2.37. The zero-order chi connectivity index (χ0) is 12.1. The number of carbonyl (C=O) groups is 1. The normalized spacial score (nSPS) is 27.1. The fourth-order valence-electron chi connectivity index (χ4n) is 2.66. The van der Waals surface area contributed by atoms with Crippen LogP contribution < -0.4 is 5.32 Å². The number of piperidine rings is 2. The minimum absolute atomic E-state index is 0.361. The van der Waals surface area contributed by atoms with E-state index < -0.39 is 0 Å². The van der Waals surface area contributed by atoms with Gasteiger partial charge >= 0.3 is 0 Å². The first-order valence-corrected chi connectivity index (χ1v) is 7.90. The van der Waals surface area contributed by atoms with Crippen molar-refractivity contribution in [2.45, 2.75) is 37.9 Å². The van der Waals surface area contributed by atoms with E-state index >= 15 is 0 Å². The smallest absolute Gasteiger partial charge is 0.232 e. The van der Waals surface area contributed by atoms with Gasteiger partial charge in [-0.1, -0.05) is 6.92 Å². The lowest BCUT2D eigenvalue weighted by Crippen LogP contribution is -2.40. The number of nitrogens with zero attached hydrogens (tertiary/aromatic N) is 1. The van der Waals surface area contributed by atoms with Gasteiger partial charge in [-0.15, -0.1) is 11.8 Å². The molecule has 2 aliphatic heterocycles. The number of likely N-dealkylation sites (tertiary alicyclic amines) is 1. The Hall–Kier alpha value is -0.220. The first-order valence-electron chi connectivity index (χ1n) is 6.86. The molecular weight excluding hydrogens is 232 g/mol. The molecule has 0 spiro atoms. The summed E-state index contributed by atoms with van der Waals surface area (Å²) in [6, 6.07) is 0. The van der Waals surface area contributed by atoms with Gasteiger partial charge in [-0.2, -0.15) is 0 Å². The van der Waals surface area contributed by atoms with E-state index in [-0.39, 0.29) is 0 Å². The first kappa shape index (κ1) is 13.2. The molecule has 1 amide bonds. The molecule has 0 aromatic rings. The summed E-state index contributed by atoms with van der Waals surface area (Å²) in [5, 5.41) is 4.06. The summed E-state index contributed by atoms with van der Waals surface area (Å²) in [7, 11) is 0. The fraction of sp³-hybridized carbons (Fsp3) is 0.923. The summed E-state index contributed by atoms with van der Waals surface area (Å²) < 4.78 is 0. The average molecular weight is 256 g/mol. The lowest BCUT2D eigenvalue weighted by Gasteiger charge is -2.31. The molecule has 3 nitrogen and oxygen atoms in total. The van der Waals surface area contributed by atoms with Crippen molar-refractivity contribution < 1.29 is 4.79 Å². The molecule has 0 bridgehead atoms. The Labute approximate surface area is 109 Å². The van der Waals surface area contributed by atoms with Gasteiger partial charge in [0.15, 0.2) is 0 Å². The second-order valence-electron chi connectivity index (χ2n) is 5.35. The van der Waals surface area contributed by atoms with Crippen LogP contribution in [0.2, 0.25) is 0 Å². The number of rotatable bonds is 3. The van der Waals surface area contributed by atoms with Crippen molar-refractivity contribution >= 4 is 17.7 Å². The van der Waals surface area contributed by atoms with Crippen LogP contribution in [0.25, 0.3) is 0 Å². The van der Waals surface area contributed by atoms with E-state index in [2.05, 4.69) is 17.1 Å². The van der Waals surface area contributed by atoms with E-state index in [4.69, 9.17) is 0 Å². The molecule has 4 heteroatoms. The van der Waals surface area contributed by atoms with Crippen LogP contribution in [-0.2, 0) is 4.79 Å². The predicted molar refractivity (Wildman–Crippen MR) is 73.3 cm³/mol. The molecule has 0 radical (unpaired) electrons. The minimum Gasteiger partial charge on any atom is -0.342 e. The summed E-state index contributed by atoms with van der Waals surface area (Å²) in [5.41, 5.74) is 0. The van der Waals surface area contributed by atoms with E-state index in [1.165, 1.54) is 25.7 Å². The number of thioether (sulfide) groups is 1. The Morgan fingerprint density at radius 3 is 2.82 bits per heavy atom.